The number of aryl methyl sites for hydroxylation is 3. The van der Waals surface area contributed by atoms with Crippen LogP contribution in [0.3, 0.4) is 0 Å². The molecule has 0 spiro atoms. The summed E-state index contributed by atoms with van der Waals surface area (Å²) in [4.78, 5) is 194. The van der Waals surface area contributed by atoms with Gasteiger partial charge in [0.1, 0.15) is 0 Å². The Balaban J connectivity index is 0.645. The van der Waals surface area contributed by atoms with E-state index >= 15 is 0 Å². The molecule has 64 heteroatoms. The third-order valence-electron chi connectivity index (χ3n) is 21.8. The fourth-order valence-corrected chi connectivity index (χ4v) is 25.2. The first-order chi connectivity index (χ1) is 60.5. The Morgan fingerprint density at radius 1 is 0.398 bits per heavy atom. The maximum absolute atomic E-state index is 13.6. The molecule has 52 nitrogen and oxygen atoms in total. The van der Waals surface area contributed by atoms with Crippen LogP contribution in [0, 0.1) is 20.8 Å². The maximum atomic E-state index is 13.6. The summed E-state index contributed by atoms with van der Waals surface area (Å²) in [6.07, 6.45) is -9.00. The van der Waals surface area contributed by atoms with Crippen molar-refractivity contribution in [2.24, 2.45) is 0 Å². The van der Waals surface area contributed by atoms with Crippen molar-refractivity contribution in [1.82, 2.24) is 87.2 Å². The molecule has 6 aliphatic rings. The minimum absolute atomic E-state index is 0.0378. The second-order valence-corrected chi connectivity index (χ2v) is 50.7. The summed E-state index contributed by atoms with van der Waals surface area (Å²) >= 11 is 26.8. The number of ether oxygens (including phenoxy) is 6. The fraction of sp³-hybridized carbons (Fsp3) is 0.578. The summed E-state index contributed by atoms with van der Waals surface area (Å²) in [7, 11) is -27.0. The van der Waals surface area contributed by atoms with Crippen molar-refractivity contribution in [2.75, 3.05) is 63.1 Å². The molecule has 0 saturated carbocycles. The summed E-state index contributed by atoms with van der Waals surface area (Å²) in [6.45, 7) is 3.54. The number of nitrogens with two attached hydrogens (primary N) is 4. The van der Waals surface area contributed by atoms with Gasteiger partial charge < -0.3 is 0 Å². The van der Waals surface area contributed by atoms with Gasteiger partial charge in [-0.2, -0.15) is 0 Å². The zero-order valence-electron chi connectivity index (χ0n) is 68.1. The number of anilines is 4. The number of nitrogens with zero attached hydrogens (tertiary/aromatic N) is 15. The number of thiol groups is 6. The molecule has 0 bridgehead atoms. The van der Waals surface area contributed by atoms with E-state index in [4.69, 9.17) is 106 Å². The molecule has 15 heterocycles. The summed E-state index contributed by atoms with van der Waals surface area (Å²) < 4.78 is 120. The van der Waals surface area contributed by atoms with Gasteiger partial charge in [0, 0.05) is 0 Å². The van der Waals surface area contributed by atoms with Crippen molar-refractivity contribution >= 4 is 173 Å². The Morgan fingerprint density at radius 2 is 0.719 bits per heavy atom. The fourth-order valence-electron chi connectivity index (χ4n) is 15.4. The number of unbranched alkanes of at least 4 members (excludes halogenated alkanes) is 1. The second kappa shape index (κ2) is 39.5. The molecule has 0 radical (unpaired) electrons. The summed E-state index contributed by atoms with van der Waals surface area (Å²) in [5, 5.41) is 0. The van der Waals surface area contributed by atoms with Gasteiger partial charge in [-0.3, -0.25) is 0 Å². The van der Waals surface area contributed by atoms with Gasteiger partial charge in [0.25, 0.3) is 0 Å². The molecule has 9 aromatic heterocycles. The molecule has 0 amide bonds. The van der Waals surface area contributed by atoms with Crippen LogP contribution in [0.5, 0.6) is 0 Å². The van der Waals surface area contributed by atoms with Crippen molar-refractivity contribution in [3.8, 4) is 0 Å². The number of aromatic nitrogens is 18. The van der Waals surface area contributed by atoms with Crippen LogP contribution in [-0.2, 0) is 82.7 Å². The van der Waals surface area contributed by atoms with Crippen LogP contribution in [0.1, 0.15) is 119 Å². The number of aromatic amines is 3. The van der Waals surface area contributed by atoms with E-state index in [-0.39, 0.29) is 107 Å². The normalized spacial score (nSPS) is 27.6. The molecule has 0 aromatic carbocycles. The van der Waals surface area contributed by atoms with Crippen molar-refractivity contribution in [3.63, 3.8) is 0 Å². The van der Waals surface area contributed by atoms with E-state index in [1.54, 1.807) is 11.5 Å². The van der Waals surface area contributed by atoms with Gasteiger partial charge in [-0.25, -0.2) is 0 Å². The molecule has 128 heavy (non-hydrogen) atoms. The zero-order valence-corrected chi connectivity index (χ0v) is 79.5. The second-order valence-electron chi connectivity index (χ2n) is 30.7. The Morgan fingerprint density at radius 3 is 1.09 bits per heavy atom. The first kappa shape index (κ1) is 97.2. The molecular formula is C64H98N22O30P6S6. The predicted octanol–water partition coefficient (Wildman–Crippen LogP) is 2.36. The van der Waals surface area contributed by atoms with Gasteiger partial charge in [-0.05, 0) is 0 Å². The van der Waals surface area contributed by atoms with Gasteiger partial charge in [-0.15, -0.1) is 0 Å². The SMILES string of the molecule is CCCC[C@H]1OC(n2cc(C)c(N)nc2=O)C[C@H]1O[PH](O)(S)OC[C@H]1OC(n2cnc3c(N)ncnc32)C[C@H]1O[PH](O)(S)OC[C@H]1O[C@@H](n2cc(C)c(=O)[nH]c2=O)C[C@H]1O[PH](O)(S)OC[C@H]1O[C@@H](n2cnc3c(=O)[nH]c(N)nc32)C[C@H]1O[PH](O)(S)OC[C@H]1OC(n2cnc3c(N)ncnc32)C[C@H]1O[PH](O)(S)OC[C@H]1OC(n2cc(C)c(=O)[nH]c2=O)C[C@H]1O[PH](O)(S)OC. The van der Waals surface area contributed by atoms with Crippen LogP contribution in [0.4, 0.5) is 23.4 Å². The van der Waals surface area contributed by atoms with Crippen molar-refractivity contribution in [1.29, 1.82) is 0 Å². The summed E-state index contributed by atoms with van der Waals surface area (Å²) in [5.41, 5.74) is 21.4. The minimum atomic E-state index is -4.95. The van der Waals surface area contributed by atoms with Gasteiger partial charge >= 0.3 is 761 Å². The van der Waals surface area contributed by atoms with Gasteiger partial charge in [-0.1, -0.05) is 0 Å². The number of hydrogen-bond donors (Lipinski definition) is 19. The predicted molar refractivity (Wildman–Crippen MR) is 486 cm³/mol. The number of H-pyrrole nitrogens is 3. The molecule has 15 rings (SSSR count). The first-order valence-electron chi connectivity index (χ1n) is 39.5. The van der Waals surface area contributed by atoms with Gasteiger partial charge in [0.05, 0.1) is 0 Å². The van der Waals surface area contributed by atoms with Crippen LogP contribution in [0.2, 0.25) is 0 Å². The monoisotopic (exact) mass is 2030 g/mol. The molecular weight excluding hydrogens is 1940 g/mol. The van der Waals surface area contributed by atoms with Gasteiger partial charge in [0.15, 0.2) is 0 Å². The Hall–Kier alpha value is -5.39. The summed E-state index contributed by atoms with van der Waals surface area (Å²) in [5.74, 6) is -0.128. The third-order valence-corrected chi connectivity index (χ3v) is 33.0. The first-order valence-corrected chi connectivity index (χ1v) is 57.8. The topological polar surface area (TPSA) is 687 Å². The van der Waals surface area contributed by atoms with E-state index in [1.807, 2.05) is 6.92 Å². The van der Waals surface area contributed by atoms with Crippen LogP contribution < -0.4 is 56.7 Å². The summed E-state index contributed by atoms with van der Waals surface area (Å²) in [6, 6.07) is 0. The number of nitrogen functional groups attached to an aromatic ring is 4. The van der Waals surface area contributed by atoms with Crippen molar-refractivity contribution in [3.05, 3.63) is 129 Å². The van der Waals surface area contributed by atoms with Gasteiger partial charge in [0.2, 0.25) is 0 Å². The van der Waals surface area contributed by atoms with E-state index in [0.29, 0.717) is 18.4 Å². The van der Waals surface area contributed by atoms with Crippen LogP contribution in [-0.4, -0.2) is 230 Å². The Labute approximate surface area is 756 Å². The van der Waals surface area contributed by atoms with Crippen LogP contribution >= 0.6 is 116 Å². The van der Waals surface area contributed by atoms with Crippen LogP contribution in [0.25, 0.3) is 33.5 Å². The molecule has 6 saturated heterocycles. The van der Waals surface area contributed by atoms with E-state index in [9.17, 15) is 58.1 Å². The standard InChI is InChI=1S/C64H98N22O30P6S6/c1-6-7-8-31-32(9-43(105-31)81-15-28(2)52(65)76-62(81)90)112-118(94,124)100-20-40-35(12-46(108-40)84-25-73-49-53(66)69-23-71-55(49)84)115-121(97,127)102-19-39-34(11-45(107-39)83-17-30(4)59(88)80-64(83)92)113-119(95,125)104-22-42-37(14-48(110-42)86-27-75-51-57(86)77-61(68)78-60(51)89)116-122(98,128)103-21-41-36(13-47(109-41)85-26-74-50-54(67)70-24-72-56(50)85)114-120(96,126)101-18-38-33(111-117(93,123)99-5)10-44(106-38)82-16-29(3)58(87)79-63(82)91/h15-17,23-27,31-48,93-98,117-128H,6-14,18-22H2,1-5H3,(H2,65,76,90)(H2,66,69,71)(H2,67,70,72)(H,79,87,91)(H,80,88,92)(H3,68,77,78,89)/t31-,32-,33-,34-,35-,36-,37-,38-,39-,40-,41-,42-,43?,44?,45-,46?,47?,48-/m1/s1. The molecule has 9 aromatic rings. The Bertz CT molecular complexity index is 5910. The average molecular weight is 2030 g/mol. The molecule has 18 atom stereocenters. The number of imidazole rings is 3. The van der Waals surface area contributed by atoms with Crippen LogP contribution in [0.15, 0.2) is 79.0 Å². The average Bonchev–Trinajstić information content (AvgIpc) is 1.75. The molecule has 6 aliphatic heterocycles. The van der Waals surface area contributed by atoms with E-state index in [2.05, 4.69) is 133 Å². The number of hydrogen-bond acceptors (Lipinski definition) is 49. The molecule has 0 aliphatic carbocycles. The quantitative estimate of drug-likeness (QED) is 0.0196. The molecule has 710 valence electrons. The van der Waals surface area contributed by atoms with E-state index in [1.165, 1.54) is 84.9 Å². The number of rotatable bonds is 37. The number of fused-ring (bicyclic) bond motifs is 3. The molecule has 6 fully saturated rings. The van der Waals surface area contributed by atoms with Crippen molar-refractivity contribution in [2.45, 2.75) is 196 Å². The zero-order chi connectivity index (χ0) is 91.6. The molecule has 17 N–H and O–H groups in total. The third kappa shape index (κ3) is 22.6. The molecule has 4 unspecified atom stereocenters. The van der Waals surface area contributed by atoms with Crippen molar-refractivity contribution < 1.29 is 112 Å². The Kier molecular flexibility index (Phi) is 30.0. The van der Waals surface area contributed by atoms with E-state index in [0.717, 1.165) is 15.6 Å². The van der Waals surface area contributed by atoms with E-state index < -0.39 is 220 Å². The number of nitrogens with one attached hydrogen (secondary N) is 3.